The molecule has 0 spiro atoms. The van der Waals surface area contributed by atoms with Crippen LogP contribution >= 0.6 is 11.8 Å². The van der Waals surface area contributed by atoms with Crippen molar-refractivity contribution < 1.29 is 0 Å². The van der Waals surface area contributed by atoms with Crippen molar-refractivity contribution in [2.24, 2.45) is 5.84 Å². The molecule has 17 heavy (non-hydrogen) atoms. The van der Waals surface area contributed by atoms with Crippen molar-refractivity contribution in [2.45, 2.75) is 43.9 Å². The summed E-state index contributed by atoms with van der Waals surface area (Å²) in [4.78, 5) is 0. The van der Waals surface area contributed by atoms with Gasteiger partial charge in [-0.05, 0) is 36.1 Å². The maximum atomic E-state index is 5.75. The fourth-order valence-electron chi connectivity index (χ4n) is 2.51. The van der Waals surface area contributed by atoms with Crippen LogP contribution in [0.3, 0.4) is 0 Å². The van der Waals surface area contributed by atoms with Gasteiger partial charge in [0.05, 0.1) is 6.04 Å². The lowest BCUT2D eigenvalue weighted by Gasteiger charge is -2.22. The van der Waals surface area contributed by atoms with Gasteiger partial charge in [-0.15, -0.1) is 0 Å². The molecule has 3 N–H and O–H groups in total. The van der Waals surface area contributed by atoms with E-state index in [0.717, 1.165) is 6.42 Å². The van der Waals surface area contributed by atoms with E-state index in [9.17, 15) is 0 Å². The lowest BCUT2D eigenvalue weighted by atomic mass is 9.98. The molecule has 0 radical (unpaired) electrons. The summed E-state index contributed by atoms with van der Waals surface area (Å²) in [6.07, 6.45) is 4.95. The number of nitrogens with one attached hydrogen (secondary N) is 1. The Morgan fingerprint density at radius 2 is 2.41 bits per heavy atom. The fraction of sp³-hybridized carbons (Fsp3) is 0.571. The zero-order chi connectivity index (χ0) is 12.1. The van der Waals surface area contributed by atoms with Gasteiger partial charge in [-0.1, -0.05) is 37.6 Å². The van der Waals surface area contributed by atoms with Gasteiger partial charge in [0.15, 0.2) is 0 Å². The number of aryl methyl sites for hydroxylation is 1. The molecule has 2 nitrogen and oxygen atoms in total. The van der Waals surface area contributed by atoms with E-state index >= 15 is 0 Å². The SMILES string of the molecule is CCCc1cccc(C(NN)C2CCCS2)c1. The highest BCUT2D eigenvalue weighted by Crippen LogP contribution is 2.35. The van der Waals surface area contributed by atoms with E-state index in [0.29, 0.717) is 11.3 Å². The van der Waals surface area contributed by atoms with Gasteiger partial charge < -0.3 is 0 Å². The minimum atomic E-state index is 0.305. The number of nitrogens with two attached hydrogens (primary N) is 1. The second kappa shape index (κ2) is 6.43. The van der Waals surface area contributed by atoms with Crippen molar-refractivity contribution in [1.82, 2.24) is 5.43 Å². The first-order valence-electron chi connectivity index (χ1n) is 6.51. The molecular weight excluding hydrogens is 228 g/mol. The van der Waals surface area contributed by atoms with Gasteiger partial charge in [-0.3, -0.25) is 11.3 Å². The molecule has 1 aromatic carbocycles. The third-order valence-electron chi connectivity index (χ3n) is 3.37. The summed E-state index contributed by atoms with van der Waals surface area (Å²) >= 11 is 2.05. The van der Waals surface area contributed by atoms with Crippen molar-refractivity contribution in [3.8, 4) is 0 Å². The monoisotopic (exact) mass is 250 g/mol. The highest BCUT2D eigenvalue weighted by molar-refractivity contribution is 8.00. The van der Waals surface area contributed by atoms with Crippen LogP contribution in [0.25, 0.3) is 0 Å². The zero-order valence-electron chi connectivity index (χ0n) is 10.5. The third-order valence-corrected chi connectivity index (χ3v) is 4.83. The number of hydrogen-bond donors (Lipinski definition) is 2. The van der Waals surface area contributed by atoms with E-state index < -0.39 is 0 Å². The number of hydrogen-bond acceptors (Lipinski definition) is 3. The molecule has 0 saturated carbocycles. The summed E-state index contributed by atoms with van der Waals surface area (Å²) in [5.74, 6) is 7.02. The summed E-state index contributed by atoms with van der Waals surface area (Å²) in [6.45, 7) is 2.22. The summed E-state index contributed by atoms with van der Waals surface area (Å²) < 4.78 is 0. The molecule has 1 aromatic rings. The Morgan fingerprint density at radius 1 is 1.53 bits per heavy atom. The lowest BCUT2D eigenvalue weighted by Crippen LogP contribution is -2.34. The molecule has 1 heterocycles. The highest BCUT2D eigenvalue weighted by atomic mass is 32.2. The smallest absolute Gasteiger partial charge is 0.0578 e. The Balaban J connectivity index is 2.14. The molecule has 1 saturated heterocycles. The molecule has 3 heteroatoms. The molecule has 0 amide bonds. The molecule has 94 valence electrons. The van der Waals surface area contributed by atoms with Gasteiger partial charge in [-0.2, -0.15) is 11.8 Å². The van der Waals surface area contributed by atoms with Crippen molar-refractivity contribution >= 4 is 11.8 Å². The molecular formula is C14H22N2S. The van der Waals surface area contributed by atoms with Crippen LogP contribution in [0.15, 0.2) is 24.3 Å². The second-order valence-electron chi connectivity index (χ2n) is 4.69. The van der Waals surface area contributed by atoms with E-state index in [1.807, 2.05) is 11.8 Å². The van der Waals surface area contributed by atoms with Crippen LogP contribution in [0, 0.1) is 0 Å². The Kier molecular flexibility index (Phi) is 4.89. The van der Waals surface area contributed by atoms with E-state index in [2.05, 4.69) is 36.6 Å². The predicted octanol–water partition coefficient (Wildman–Crippen LogP) is 3.04. The first-order chi connectivity index (χ1) is 8.35. The summed E-state index contributed by atoms with van der Waals surface area (Å²) in [5, 5.41) is 0.636. The largest absolute Gasteiger partial charge is 0.271 e. The minimum absolute atomic E-state index is 0.305. The highest BCUT2D eigenvalue weighted by Gasteiger charge is 2.26. The van der Waals surface area contributed by atoms with E-state index in [1.54, 1.807) is 0 Å². The lowest BCUT2D eigenvalue weighted by molar-refractivity contribution is 0.520. The number of hydrazine groups is 1. The normalized spacial score (nSPS) is 21.6. The number of benzene rings is 1. The topological polar surface area (TPSA) is 38.0 Å². The van der Waals surface area contributed by atoms with Gasteiger partial charge in [0, 0.05) is 5.25 Å². The fourth-order valence-corrected chi connectivity index (χ4v) is 3.91. The van der Waals surface area contributed by atoms with E-state index in [1.165, 1.54) is 36.1 Å². The van der Waals surface area contributed by atoms with Crippen LogP contribution in [0.5, 0.6) is 0 Å². The van der Waals surface area contributed by atoms with Crippen LogP contribution in [-0.2, 0) is 6.42 Å². The van der Waals surface area contributed by atoms with Crippen LogP contribution in [0.4, 0.5) is 0 Å². The van der Waals surface area contributed by atoms with Gasteiger partial charge >= 0.3 is 0 Å². The van der Waals surface area contributed by atoms with Crippen LogP contribution in [-0.4, -0.2) is 11.0 Å². The van der Waals surface area contributed by atoms with Gasteiger partial charge in [0.25, 0.3) is 0 Å². The Hall–Kier alpha value is -0.510. The quantitative estimate of drug-likeness (QED) is 0.623. The summed E-state index contributed by atoms with van der Waals surface area (Å²) in [6, 6.07) is 9.18. The van der Waals surface area contributed by atoms with Gasteiger partial charge in [-0.25, -0.2) is 0 Å². The Labute approximate surface area is 108 Å². The van der Waals surface area contributed by atoms with Crippen molar-refractivity contribution in [2.75, 3.05) is 5.75 Å². The Morgan fingerprint density at radius 3 is 3.06 bits per heavy atom. The van der Waals surface area contributed by atoms with Crippen molar-refractivity contribution in [3.63, 3.8) is 0 Å². The summed E-state index contributed by atoms with van der Waals surface area (Å²) in [5.41, 5.74) is 5.78. The molecule has 2 atom stereocenters. The minimum Gasteiger partial charge on any atom is -0.271 e. The average Bonchev–Trinajstić information content (AvgIpc) is 2.85. The first-order valence-corrected chi connectivity index (χ1v) is 7.56. The molecule has 0 aliphatic carbocycles. The van der Waals surface area contributed by atoms with Crippen molar-refractivity contribution in [3.05, 3.63) is 35.4 Å². The maximum Gasteiger partial charge on any atom is 0.0578 e. The second-order valence-corrected chi connectivity index (χ2v) is 6.04. The standard InChI is InChI=1S/C14H22N2S/c1-2-5-11-6-3-7-12(10-11)14(16-15)13-8-4-9-17-13/h3,6-7,10,13-14,16H,2,4-5,8-9,15H2,1H3. The molecule has 2 unspecified atom stereocenters. The van der Waals surface area contributed by atoms with Crippen LogP contribution in [0.2, 0.25) is 0 Å². The molecule has 0 aromatic heterocycles. The average molecular weight is 250 g/mol. The number of rotatable bonds is 5. The predicted molar refractivity (Wildman–Crippen MR) is 76.0 cm³/mol. The van der Waals surface area contributed by atoms with E-state index in [4.69, 9.17) is 5.84 Å². The summed E-state index contributed by atoms with van der Waals surface area (Å²) in [7, 11) is 0. The maximum absolute atomic E-state index is 5.75. The van der Waals surface area contributed by atoms with Crippen molar-refractivity contribution in [1.29, 1.82) is 0 Å². The molecule has 1 aliphatic rings. The third kappa shape index (κ3) is 3.24. The molecule has 1 fully saturated rings. The van der Waals surface area contributed by atoms with E-state index in [-0.39, 0.29) is 0 Å². The first kappa shape index (κ1) is 12.9. The Bertz CT molecular complexity index is 348. The molecule has 1 aliphatic heterocycles. The number of thioether (sulfide) groups is 1. The van der Waals surface area contributed by atoms with Gasteiger partial charge in [0.1, 0.15) is 0 Å². The van der Waals surface area contributed by atoms with Crippen LogP contribution < -0.4 is 11.3 Å². The molecule has 2 rings (SSSR count). The van der Waals surface area contributed by atoms with Crippen LogP contribution in [0.1, 0.15) is 43.4 Å². The van der Waals surface area contributed by atoms with Gasteiger partial charge in [0.2, 0.25) is 0 Å². The molecule has 0 bridgehead atoms. The zero-order valence-corrected chi connectivity index (χ0v) is 11.3.